The van der Waals surface area contributed by atoms with Crippen molar-refractivity contribution in [2.75, 3.05) is 13.7 Å². The predicted octanol–water partition coefficient (Wildman–Crippen LogP) is 2.98. The van der Waals surface area contributed by atoms with Gasteiger partial charge in [-0.1, -0.05) is 25.1 Å². The van der Waals surface area contributed by atoms with Gasteiger partial charge >= 0.3 is 6.03 Å². The van der Waals surface area contributed by atoms with Gasteiger partial charge in [-0.15, -0.1) is 11.3 Å². The number of aryl methyl sites for hydroxylation is 1. The van der Waals surface area contributed by atoms with E-state index in [0.29, 0.717) is 13.2 Å². The van der Waals surface area contributed by atoms with Gasteiger partial charge in [0.15, 0.2) is 0 Å². The zero-order valence-electron chi connectivity index (χ0n) is 12.7. The summed E-state index contributed by atoms with van der Waals surface area (Å²) in [6.07, 6.45) is 2.86. The number of carbonyl (C=O) groups excluding carboxylic acids is 1. The maximum Gasteiger partial charge on any atom is 0.318 e. The average Bonchev–Trinajstić information content (AvgIpc) is 3.14. The van der Waals surface area contributed by atoms with Crippen molar-refractivity contribution in [2.24, 2.45) is 0 Å². The minimum absolute atomic E-state index is 0.0892. The molecule has 0 fully saturated rings. The molecule has 3 rings (SSSR count). The van der Waals surface area contributed by atoms with Gasteiger partial charge < -0.3 is 15.0 Å². The van der Waals surface area contributed by atoms with E-state index in [4.69, 9.17) is 4.74 Å². The summed E-state index contributed by atoms with van der Waals surface area (Å²) < 4.78 is 5.58. The van der Waals surface area contributed by atoms with E-state index in [0.717, 1.165) is 22.7 Å². The average molecular weight is 317 g/mol. The van der Waals surface area contributed by atoms with Crippen LogP contribution in [0.1, 0.15) is 28.4 Å². The molecule has 6 heteroatoms. The molecule has 22 heavy (non-hydrogen) atoms. The quantitative estimate of drug-likeness (QED) is 0.943. The minimum Gasteiger partial charge on any atom is -0.491 e. The lowest BCUT2D eigenvalue weighted by atomic mass is 10.1. The standard InChI is InChI=1S/C16H19N3O2S/c1-3-11-8-17-15(22-11)9-19(2)16(20)18-13-10-21-14-7-5-4-6-12(13)14/h4-8,13H,3,9-10H2,1-2H3,(H,18,20)/t13-/m1/s1. The summed E-state index contributed by atoms with van der Waals surface area (Å²) in [6.45, 7) is 3.10. The van der Waals surface area contributed by atoms with E-state index < -0.39 is 0 Å². The maximum atomic E-state index is 12.3. The van der Waals surface area contributed by atoms with Crippen molar-refractivity contribution in [3.05, 3.63) is 45.9 Å². The van der Waals surface area contributed by atoms with Crippen LogP contribution in [0.2, 0.25) is 0 Å². The van der Waals surface area contributed by atoms with Gasteiger partial charge in [0.25, 0.3) is 0 Å². The Morgan fingerprint density at radius 2 is 2.32 bits per heavy atom. The number of ether oxygens (including phenoxy) is 1. The molecule has 0 radical (unpaired) electrons. The molecule has 0 spiro atoms. The van der Waals surface area contributed by atoms with Gasteiger partial charge in [-0.05, 0) is 12.5 Å². The highest BCUT2D eigenvalue weighted by atomic mass is 32.1. The summed E-state index contributed by atoms with van der Waals surface area (Å²) >= 11 is 1.65. The van der Waals surface area contributed by atoms with E-state index in [-0.39, 0.29) is 12.1 Å². The highest BCUT2D eigenvalue weighted by Crippen LogP contribution is 2.31. The number of thiazole rings is 1. The zero-order chi connectivity index (χ0) is 15.5. The lowest BCUT2D eigenvalue weighted by molar-refractivity contribution is 0.199. The first kappa shape index (κ1) is 14.8. The second kappa shape index (κ2) is 6.36. The van der Waals surface area contributed by atoms with Gasteiger partial charge in [0.05, 0.1) is 12.6 Å². The molecule has 1 aromatic carbocycles. The Hall–Kier alpha value is -2.08. The smallest absolute Gasteiger partial charge is 0.318 e. The van der Waals surface area contributed by atoms with Crippen LogP contribution < -0.4 is 10.1 Å². The van der Waals surface area contributed by atoms with Gasteiger partial charge in [0.2, 0.25) is 0 Å². The van der Waals surface area contributed by atoms with E-state index in [1.807, 2.05) is 30.5 Å². The number of carbonyl (C=O) groups is 1. The van der Waals surface area contributed by atoms with Crippen molar-refractivity contribution in [2.45, 2.75) is 25.9 Å². The number of hydrogen-bond donors (Lipinski definition) is 1. The zero-order valence-corrected chi connectivity index (χ0v) is 13.5. The van der Waals surface area contributed by atoms with Crippen LogP contribution in [-0.2, 0) is 13.0 Å². The normalized spacial score (nSPS) is 16.0. The summed E-state index contributed by atoms with van der Waals surface area (Å²) in [4.78, 5) is 19.6. The number of benzene rings is 1. The number of hydrogen-bond acceptors (Lipinski definition) is 4. The Morgan fingerprint density at radius 1 is 1.50 bits per heavy atom. The highest BCUT2D eigenvalue weighted by molar-refractivity contribution is 7.11. The first-order valence-electron chi connectivity index (χ1n) is 7.34. The first-order chi connectivity index (χ1) is 10.7. The lowest BCUT2D eigenvalue weighted by Crippen LogP contribution is -2.39. The highest BCUT2D eigenvalue weighted by Gasteiger charge is 2.26. The molecular formula is C16H19N3O2S. The molecule has 0 saturated carbocycles. The molecule has 116 valence electrons. The van der Waals surface area contributed by atoms with E-state index in [2.05, 4.69) is 17.2 Å². The van der Waals surface area contributed by atoms with E-state index >= 15 is 0 Å². The third-order valence-electron chi connectivity index (χ3n) is 3.67. The Bertz CT molecular complexity index is 671. The second-order valence-corrected chi connectivity index (χ2v) is 6.48. The third kappa shape index (κ3) is 3.06. The summed E-state index contributed by atoms with van der Waals surface area (Å²) in [6, 6.07) is 7.60. The molecular weight excluding hydrogens is 298 g/mol. The maximum absolute atomic E-state index is 12.3. The van der Waals surface area contributed by atoms with Crippen LogP contribution >= 0.6 is 11.3 Å². The van der Waals surface area contributed by atoms with Crippen LogP contribution in [0, 0.1) is 0 Å². The Balaban J connectivity index is 1.60. The van der Waals surface area contributed by atoms with Crippen LogP contribution in [-0.4, -0.2) is 29.6 Å². The van der Waals surface area contributed by atoms with Crippen molar-refractivity contribution < 1.29 is 9.53 Å². The number of nitrogens with one attached hydrogen (secondary N) is 1. The summed E-state index contributed by atoms with van der Waals surface area (Å²) in [5.74, 6) is 0.850. The Labute approximate surface area is 133 Å². The molecule has 0 unspecified atom stereocenters. The topological polar surface area (TPSA) is 54.5 Å². The van der Waals surface area contributed by atoms with Crippen molar-refractivity contribution >= 4 is 17.4 Å². The minimum atomic E-state index is -0.112. The monoisotopic (exact) mass is 317 g/mol. The van der Waals surface area contributed by atoms with E-state index in [9.17, 15) is 4.79 Å². The van der Waals surface area contributed by atoms with Crippen LogP contribution in [0.3, 0.4) is 0 Å². The number of fused-ring (bicyclic) bond motifs is 1. The van der Waals surface area contributed by atoms with E-state index in [1.165, 1.54) is 4.88 Å². The number of para-hydroxylation sites is 1. The van der Waals surface area contributed by atoms with Gasteiger partial charge in [0, 0.05) is 23.7 Å². The lowest BCUT2D eigenvalue weighted by Gasteiger charge is -2.19. The molecule has 1 atom stereocenters. The van der Waals surface area contributed by atoms with Gasteiger partial charge in [0.1, 0.15) is 17.4 Å². The molecule has 1 aliphatic heterocycles. The van der Waals surface area contributed by atoms with Crippen molar-refractivity contribution in [3.8, 4) is 5.75 Å². The molecule has 2 amide bonds. The van der Waals surface area contributed by atoms with Crippen LogP contribution in [0.15, 0.2) is 30.5 Å². The van der Waals surface area contributed by atoms with Gasteiger partial charge in [-0.25, -0.2) is 9.78 Å². The number of urea groups is 1. The molecule has 0 saturated heterocycles. The molecule has 2 heterocycles. The largest absolute Gasteiger partial charge is 0.491 e. The Kier molecular flexibility index (Phi) is 4.29. The number of aromatic nitrogens is 1. The fraction of sp³-hybridized carbons (Fsp3) is 0.375. The van der Waals surface area contributed by atoms with Crippen molar-refractivity contribution in [1.82, 2.24) is 15.2 Å². The van der Waals surface area contributed by atoms with Gasteiger partial charge in [-0.3, -0.25) is 0 Å². The summed E-state index contributed by atoms with van der Waals surface area (Å²) in [5.41, 5.74) is 1.03. The Morgan fingerprint density at radius 3 is 3.09 bits per heavy atom. The molecule has 5 nitrogen and oxygen atoms in total. The molecule has 0 aliphatic carbocycles. The molecule has 1 aliphatic rings. The molecule has 2 aromatic rings. The molecule has 1 aromatic heterocycles. The predicted molar refractivity (Wildman–Crippen MR) is 86.2 cm³/mol. The van der Waals surface area contributed by atoms with Gasteiger partial charge in [-0.2, -0.15) is 0 Å². The van der Waals surface area contributed by atoms with E-state index in [1.54, 1.807) is 23.3 Å². The third-order valence-corrected chi connectivity index (χ3v) is 4.79. The molecule has 1 N–H and O–H groups in total. The fourth-order valence-corrected chi connectivity index (χ4v) is 3.32. The van der Waals surface area contributed by atoms with Crippen molar-refractivity contribution in [3.63, 3.8) is 0 Å². The number of rotatable bonds is 4. The number of amides is 2. The first-order valence-corrected chi connectivity index (χ1v) is 8.16. The van der Waals surface area contributed by atoms with Crippen LogP contribution in [0.4, 0.5) is 4.79 Å². The SMILES string of the molecule is CCc1cnc(CN(C)C(=O)N[C@@H]2COc3ccccc32)s1. The van der Waals surface area contributed by atoms with Crippen LogP contribution in [0.25, 0.3) is 0 Å². The summed E-state index contributed by atoms with van der Waals surface area (Å²) in [5, 5.41) is 3.97. The summed E-state index contributed by atoms with van der Waals surface area (Å²) in [7, 11) is 1.78. The number of nitrogens with zero attached hydrogens (tertiary/aromatic N) is 2. The van der Waals surface area contributed by atoms with Crippen molar-refractivity contribution in [1.29, 1.82) is 0 Å². The fourth-order valence-electron chi connectivity index (χ4n) is 2.40. The molecule has 0 bridgehead atoms. The van der Waals surface area contributed by atoms with Crippen LogP contribution in [0.5, 0.6) is 5.75 Å². The second-order valence-electron chi connectivity index (χ2n) is 5.28.